The first-order chi connectivity index (χ1) is 8.11. The van der Waals surface area contributed by atoms with Crippen molar-refractivity contribution in [3.8, 4) is 5.75 Å². The second-order valence-electron chi connectivity index (χ2n) is 5.43. The van der Waals surface area contributed by atoms with Gasteiger partial charge in [0.05, 0.1) is 7.11 Å². The Balaban J connectivity index is 2.33. The Hall–Kier alpha value is -1.02. The van der Waals surface area contributed by atoms with Crippen molar-refractivity contribution in [2.45, 2.75) is 45.1 Å². The highest BCUT2D eigenvalue weighted by Gasteiger charge is 2.29. The predicted molar refractivity (Wildman–Crippen MR) is 71.5 cm³/mol. The van der Waals surface area contributed by atoms with Crippen molar-refractivity contribution in [1.82, 2.24) is 0 Å². The SMILES string of the molecule is COc1ccc(C)cc1C1CC(C)CCC1N. The number of rotatable bonds is 2. The molecule has 2 nitrogen and oxygen atoms in total. The number of benzene rings is 1. The van der Waals surface area contributed by atoms with Gasteiger partial charge in [0.2, 0.25) is 0 Å². The van der Waals surface area contributed by atoms with Crippen LogP contribution < -0.4 is 10.5 Å². The van der Waals surface area contributed by atoms with Crippen molar-refractivity contribution >= 4 is 0 Å². The largest absolute Gasteiger partial charge is 0.496 e. The average molecular weight is 233 g/mol. The number of methoxy groups -OCH3 is 1. The zero-order chi connectivity index (χ0) is 12.4. The molecule has 1 aliphatic carbocycles. The van der Waals surface area contributed by atoms with Crippen LogP contribution >= 0.6 is 0 Å². The minimum Gasteiger partial charge on any atom is -0.496 e. The van der Waals surface area contributed by atoms with E-state index in [0.717, 1.165) is 18.1 Å². The minimum atomic E-state index is 0.280. The van der Waals surface area contributed by atoms with E-state index in [1.807, 2.05) is 0 Å². The van der Waals surface area contributed by atoms with Crippen LogP contribution in [0.2, 0.25) is 0 Å². The Bertz CT molecular complexity index is 389. The molecule has 0 bridgehead atoms. The third-order valence-electron chi connectivity index (χ3n) is 3.95. The molecule has 2 N–H and O–H groups in total. The van der Waals surface area contributed by atoms with Gasteiger partial charge in [-0.05, 0) is 43.7 Å². The predicted octanol–water partition coefficient (Wildman–Crippen LogP) is 3.23. The van der Waals surface area contributed by atoms with E-state index in [9.17, 15) is 0 Å². The summed E-state index contributed by atoms with van der Waals surface area (Å²) in [5.74, 6) is 2.21. The molecule has 2 heteroatoms. The van der Waals surface area contributed by atoms with Crippen LogP contribution in [0.25, 0.3) is 0 Å². The van der Waals surface area contributed by atoms with E-state index in [1.54, 1.807) is 7.11 Å². The first-order valence-corrected chi connectivity index (χ1v) is 6.52. The maximum absolute atomic E-state index is 6.29. The smallest absolute Gasteiger partial charge is 0.122 e. The zero-order valence-electron chi connectivity index (χ0n) is 11.1. The lowest BCUT2D eigenvalue weighted by atomic mass is 9.75. The maximum Gasteiger partial charge on any atom is 0.122 e. The lowest BCUT2D eigenvalue weighted by Crippen LogP contribution is -2.34. The molecule has 0 saturated heterocycles. The van der Waals surface area contributed by atoms with Crippen LogP contribution in [0.4, 0.5) is 0 Å². The minimum absolute atomic E-state index is 0.280. The molecule has 0 amide bonds. The summed E-state index contributed by atoms with van der Waals surface area (Å²) in [5.41, 5.74) is 8.87. The van der Waals surface area contributed by atoms with Gasteiger partial charge in [0.25, 0.3) is 0 Å². The molecular formula is C15H23NO. The van der Waals surface area contributed by atoms with Crippen molar-refractivity contribution < 1.29 is 4.74 Å². The molecule has 3 unspecified atom stereocenters. The third kappa shape index (κ3) is 2.63. The molecule has 17 heavy (non-hydrogen) atoms. The van der Waals surface area contributed by atoms with E-state index in [2.05, 4.69) is 32.0 Å². The Kier molecular flexibility index (Phi) is 3.72. The van der Waals surface area contributed by atoms with Gasteiger partial charge in [0.1, 0.15) is 5.75 Å². The van der Waals surface area contributed by atoms with Gasteiger partial charge < -0.3 is 10.5 Å². The van der Waals surface area contributed by atoms with E-state index in [0.29, 0.717) is 5.92 Å². The van der Waals surface area contributed by atoms with Crippen LogP contribution in [-0.4, -0.2) is 13.2 Å². The van der Waals surface area contributed by atoms with E-state index in [4.69, 9.17) is 10.5 Å². The molecule has 0 radical (unpaired) electrons. The van der Waals surface area contributed by atoms with E-state index in [-0.39, 0.29) is 6.04 Å². The van der Waals surface area contributed by atoms with Crippen molar-refractivity contribution in [2.75, 3.05) is 7.11 Å². The highest BCUT2D eigenvalue weighted by atomic mass is 16.5. The summed E-state index contributed by atoms with van der Waals surface area (Å²) in [7, 11) is 1.74. The molecule has 2 rings (SSSR count). The van der Waals surface area contributed by atoms with Crippen LogP contribution in [0.15, 0.2) is 18.2 Å². The van der Waals surface area contributed by atoms with E-state index >= 15 is 0 Å². The number of hydrogen-bond acceptors (Lipinski definition) is 2. The number of aryl methyl sites for hydroxylation is 1. The van der Waals surface area contributed by atoms with Crippen molar-refractivity contribution in [3.05, 3.63) is 29.3 Å². The molecule has 1 fully saturated rings. The monoisotopic (exact) mass is 233 g/mol. The summed E-state index contributed by atoms with van der Waals surface area (Å²) in [4.78, 5) is 0. The van der Waals surface area contributed by atoms with Gasteiger partial charge in [-0.25, -0.2) is 0 Å². The molecule has 1 aromatic rings. The summed E-state index contributed by atoms with van der Waals surface area (Å²) in [6.45, 7) is 4.45. The van der Waals surface area contributed by atoms with E-state index < -0.39 is 0 Å². The topological polar surface area (TPSA) is 35.2 Å². The van der Waals surface area contributed by atoms with Gasteiger partial charge in [-0.3, -0.25) is 0 Å². The third-order valence-corrected chi connectivity index (χ3v) is 3.95. The lowest BCUT2D eigenvalue weighted by molar-refractivity contribution is 0.298. The first kappa shape index (κ1) is 12.4. The Morgan fingerprint density at radius 3 is 2.76 bits per heavy atom. The standard InChI is InChI=1S/C15H23NO/c1-10-4-6-14(16)12(8-10)13-9-11(2)5-7-15(13)17-3/h5,7,9-10,12,14H,4,6,8,16H2,1-3H3. The van der Waals surface area contributed by atoms with Crippen LogP contribution in [0.3, 0.4) is 0 Å². The second-order valence-corrected chi connectivity index (χ2v) is 5.43. The molecule has 0 spiro atoms. The molecule has 0 aromatic heterocycles. The quantitative estimate of drug-likeness (QED) is 0.851. The van der Waals surface area contributed by atoms with Crippen LogP contribution in [0, 0.1) is 12.8 Å². The van der Waals surface area contributed by atoms with Gasteiger partial charge in [-0.1, -0.05) is 24.6 Å². The van der Waals surface area contributed by atoms with E-state index in [1.165, 1.54) is 24.0 Å². The van der Waals surface area contributed by atoms with Gasteiger partial charge in [0, 0.05) is 12.0 Å². The molecule has 1 aromatic carbocycles. The summed E-state index contributed by atoms with van der Waals surface area (Å²) in [6.07, 6.45) is 3.57. The fourth-order valence-corrected chi connectivity index (χ4v) is 2.91. The summed E-state index contributed by atoms with van der Waals surface area (Å²) in [5, 5.41) is 0. The molecule has 1 aliphatic rings. The summed E-state index contributed by atoms with van der Waals surface area (Å²) < 4.78 is 5.48. The second kappa shape index (κ2) is 5.09. The summed E-state index contributed by atoms with van der Waals surface area (Å²) >= 11 is 0. The molecule has 0 aliphatic heterocycles. The van der Waals surface area contributed by atoms with Crippen molar-refractivity contribution in [3.63, 3.8) is 0 Å². The van der Waals surface area contributed by atoms with Crippen molar-refractivity contribution in [1.29, 1.82) is 0 Å². The van der Waals surface area contributed by atoms with Crippen LogP contribution in [0.1, 0.15) is 43.2 Å². The van der Waals surface area contributed by atoms with Crippen LogP contribution in [0.5, 0.6) is 5.75 Å². The normalized spacial score (nSPS) is 29.1. The maximum atomic E-state index is 6.29. The summed E-state index contributed by atoms with van der Waals surface area (Å²) in [6, 6.07) is 6.68. The molecule has 1 saturated carbocycles. The fraction of sp³-hybridized carbons (Fsp3) is 0.600. The molecule has 3 atom stereocenters. The number of nitrogens with two attached hydrogens (primary N) is 1. The highest BCUT2D eigenvalue weighted by molar-refractivity contribution is 5.40. The van der Waals surface area contributed by atoms with Gasteiger partial charge >= 0.3 is 0 Å². The Morgan fingerprint density at radius 2 is 2.06 bits per heavy atom. The Labute approximate surface area is 104 Å². The fourth-order valence-electron chi connectivity index (χ4n) is 2.91. The average Bonchev–Trinajstić information content (AvgIpc) is 2.32. The number of hydrogen-bond donors (Lipinski definition) is 1. The van der Waals surface area contributed by atoms with Gasteiger partial charge in [0.15, 0.2) is 0 Å². The lowest BCUT2D eigenvalue weighted by Gasteiger charge is -2.33. The van der Waals surface area contributed by atoms with Crippen LogP contribution in [-0.2, 0) is 0 Å². The Morgan fingerprint density at radius 1 is 1.29 bits per heavy atom. The molecule has 0 heterocycles. The molecule has 94 valence electrons. The van der Waals surface area contributed by atoms with Gasteiger partial charge in [-0.2, -0.15) is 0 Å². The van der Waals surface area contributed by atoms with Gasteiger partial charge in [-0.15, -0.1) is 0 Å². The molecular weight excluding hydrogens is 210 g/mol. The number of ether oxygens (including phenoxy) is 1. The zero-order valence-corrected chi connectivity index (χ0v) is 11.1. The first-order valence-electron chi connectivity index (χ1n) is 6.52. The highest BCUT2D eigenvalue weighted by Crippen LogP contribution is 2.39. The van der Waals surface area contributed by atoms with Crippen molar-refractivity contribution in [2.24, 2.45) is 11.7 Å².